The Labute approximate surface area is 54.2 Å². The first kappa shape index (κ1) is 7.76. The van der Waals surface area contributed by atoms with Crippen LogP contribution in [0.2, 0.25) is 0 Å². The topological polar surface area (TPSA) is 17.1 Å². The summed E-state index contributed by atoms with van der Waals surface area (Å²) in [5, 5.41) is 0.0417. The van der Waals surface area contributed by atoms with Crippen LogP contribution in [0.4, 0.5) is 0 Å². The predicted molar refractivity (Wildman–Crippen MR) is 37.6 cm³/mol. The zero-order chi connectivity index (χ0) is 6.57. The highest BCUT2D eigenvalue weighted by atomic mass is 32.2. The maximum Gasteiger partial charge on any atom is 0.214 e. The normalized spacial score (nSPS) is 8.75. The Morgan fingerprint density at radius 2 is 2.25 bits per heavy atom. The summed E-state index contributed by atoms with van der Waals surface area (Å²) in [5.74, 6) is 0.589. The molecule has 0 N–H and O–H groups in total. The highest BCUT2D eigenvalue weighted by Crippen LogP contribution is 2.06. The molecule has 0 heterocycles. The lowest BCUT2D eigenvalue weighted by Gasteiger charge is -1.91. The summed E-state index contributed by atoms with van der Waals surface area (Å²) in [6, 6.07) is 0. The van der Waals surface area contributed by atoms with E-state index in [1.807, 2.05) is 0 Å². The molecule has 0 saturated carbocycles. The van der Waals surface area contributed by atoms with E-state index >= 15 is 0 Å². The second-order valence-corrected chi connectivity index (χ2v) is 2.48. The van der Waals surface area contributed by atoms with Gasteiger partial charge in [-0.25, -0.2) is 0 Å². The summed E-state index contributed by atoms with van der Waals surface area (Å²) < 4.78 is 0. The van der Waals surface area contributed by atoms with Crippen molar-refractivity contribution in [1.29, 1.82) is 0 Å². The Kier molecular flexibility index (Phi) is 3.61. The van der Waals surface area contributed by atoms with Crippen LogP contribution >= 0.6 is 11.8 Å². The van der Waals surface area contributed by atoms with Gasteiger partial charge >= 0.3 is 0 Å². The summed E-state index contributed by atoms with van der Waals surface area (Å²) in [6.45, 7) is 8.68. The predicted octanol–water partition coefficient (Wildman–Crippen LogP) is 1.66. The molecule has 8 heavy (non-hydrogen) atoms. The largest absolute Gasteiger partial charge is 0.282 e. The summed E-state index contributed by atoms with van der Waals surface area (Å²) in [6.07, 6.45) is 0. The van der Waals surface area contributed by atoms with Crippen LogP contribution in [-0.4, -0.2) is 10.9 Å². The van der Waals surface area contributed by atoms with Crippen LogP contribution in [0.1, 0.15) is 6.92 Å². The Morgan fingerprint density at radius 1 is 1.75 bits per heavy atom. The van der Waals surface area contributed by atoms with E-state index in [1.165, 1.54) is 11.8 Å². The fourth-order valence-electron chi connectivity index (χ4n) is 0.216. The molecule has 0 bridgehead atoms. The van der Waals surface area contributed by atoms with Gasteiger partial charge in [-0.3, -0.25) is 4.79 Å². The minimum absolute atomic E-state index is 0.0417. The highest BCUT2D eigenvalue weighted by Gasteiger charge is 1.98. The van der Waals surface area contributed by atoms with E-state index in [-0.39, 0.29) is 5.12 Å². The molecule has 0 aliphatic heterocycles. The maximum atomic E-state index is 10.6. The van der Waals surface area contributed by atoms with Crippen LogP contribution in [-0.2, 0) is 4.79 Å². The van der Waals surface area contributed by atoms with E-state index in [9.17, 15) is 4.79 Å². The molecule has 0 spiro atoms. The van der Waals surface area contributed by atoms with E-state index in [0.717, 1.165) is 0 Å². The molecule has 0 aromatic rings. The third kappa shape index (κ3) is 2.86. The lowest BCUT2D eigenvalue weighted by atomic mass is 10.4. The lowest BCUT2D eigenvalue weighted by Crippen LogP contribution is -1.90. The second-order valence-electron chi connectivity index (χ2n) is 1.42. The molecule has 1 radical (unpaired) electrons. The second kappa shape index (κ2) is 3.72. The number of carbonyl (C=O) groups is 1. The molecule has 0 aromatic carbocycles. The summed E-state index contributed by atoms with van der Waals surface area (Å²) >= 11 is 1.19. The molecular formula is C6H9OS. The van der Waals surface area contributed by atoms with E-state index in [2.05, 4.69) is 13.5 Å². The monoisotopic (exact) mass is 129 g/mol. The van der Waals surface area contributed by atoms with Crippen LogP contribution in [0.25, 0.3) is 0 Å². The Balaban J connectivity index is 3.49. The molecule has 0 saturated heterocycles. The van der Waals surface area contributed by atoms with Crippen LogP contribution in [0.3, 0.4) is 0 Å². The summed E-state index contributed by atoms with van der Waals surface area (Å²) in [7, 11) is 0. The van der Waals surface area contributed by atoms with Crippen LogP contribution in [0.15, 0.2) is 12.2 Å². The maximum absolute atomic E-state index is 10.6. The van der Waals surface area contributed by atoms with Gasteiger partial charge in [-0.15, -0.1) is 0 Å². The number of hydrogen-bond donors (Lipinski definition) is 0. The van der Waals surface area contributed by atoms with Crippen molar-refractivity contribution >= 4 is 16.9 Å². The van der Waals surface area contributed by atoms with Gasteiger partial charge in [0, 0.05) is 5.75 Å². The van der Waals surface area contributed by atoms with Crippen molar-refractivity contribution in [3.63, 3.8) is 0 Å². The van der Waals surface area contributed by atoms with Crippen molar-refractivity contribution in [2.45, 2.75) is 6.92 Å². The van der Waals surface area contributed by atoms with Crippen molar-refractivity contribution < 1.29 is 4.79 Å². The number of rotatable bonds is 2. The number of thioether (sulfide) groups is 1. The van der Waals surface area contributed by atoms with Gasteiger partial charge in [-0.1, -0.05) is 18.3 Å². The van der Waals surface area contributed by atoms with E-state index in [4.69, 9.17) is 0 Å². The summed E-state index contributed by atoms with van der Waals surface area (Å²) in [5.41, 5.74) is 0.596. The number of carbonyl (C=O) groups excluding carboxylic acids is 1. The summed E-state index contributed by atoms with van der Waals surface area (Å²) in [4.78, 5) is 10.6. The van der Waals surface area contributed by atoms with Gasteiger partial charge in [0.05, 0.1) is 0 Å². The smallest absolute Gasteiger partial charge is 0.214 e. The molecule has 45 valence electrons. The van der Waals surface area contributed by atoms with Crippen LogP contribution < -0.4 is 0 Å². The minimum atomic E-state index is 0.0417. The van der Waals surface area contributed by atoms with Crippen molar-refractivity contribution in [2.75, 3.05) is 5.75 Å². The van der Waals surface area contributed by atoms with Gasteiger partial charge in [0.15, 0.2) is 0 Å². The average molecular weight is 129 g/mol. The van der Waals surface area contributed by atoms with Crippen LogP contribution in [0, 0.1) is 6.92 Å². The third-order valence-electron chi connectivity index (χ3n) is 0.582. The van der Waals surface area contributed by atoms with E-state index in [1.54, 1.807) is 6.92 Å². The molecular weight excluding hydrogens is 120 g/mol. The highest BCUT2D eigenvalue weighted by molar-refractivity contribution is 8.14. The van der Waals surface area contributed by atoms with Gasteiger partial charge in [0.2, 0.25) is 5.12 Å². The fraction of sp³-hybridized carbons (Fsp3) is 0.333. The van der Waals surface area contributed by atoms with Crippen molar-refractivity contribution in [3.8, 4) is 0 Å². The van der Waals surface area contributed by atoms with Gasteiger partial charge in [0.1, 0.15) is 0 Å². The van der Waals surface area contributed by atoms with Crippen molar-refractivity contribution in [3.05, 3.63) is 19.1 Å². The molecule has 1 nitrogen and oxygen atoms in total. The van der Waals surface area contributed by atoms with Crippen molar-refractivity contribution in [2.24, 2.45) is 0 Å². The SMILES string of the molecule is [CH2]CSC(=O)C(=C)C. The quantitative estimate of drug-likeness (QED) is 0.527. The zero-order valence-corrected chi connectivity index (χ0v) is 5.75. The first-order valence-electron chi connectivity index (χ1n) is 2.30. The first-order valence-corrected chi connectivity index (χ1v) is 3.29. The number of hydrogen-bond acceptors (Lipinski definition) is 2. The van der Waals surface area contributed by atoms with Crippen LogP contribution in [0.5, 0.6) is 0 Å². The van der Waals surface area contributed by atoms with E-state index in [0.29, 0.717) is 11.3 Å². The molecule has 0 aliphatic carbocycles. The minimum Gasteiger partial charge on any atom is -0.282 e. The lowest BCUT2D eigenvalue weighted by molar-refractivity contribution is -0.107. The van der Waals surface area contributed by atoms with Gasteiger partial charge < -0.3 is 0 Å². The molecule has 0 fully saturated rings. The molecule has 0 amide bonds. The zero-order valence-electron chi connectivity index (χ0n) is 4.94. The van der Waals surface area contributed by atoms with Gasteiger partial charge in [0.25, 0.3) is 0 Å². The first-order chi connectivity index (χ1) is 3.68. The molecule has 2 heteroatoms. The molecule has 0 aliphatic rings. The average Bonchev–Trinajstić information content (AvgIpc) is 1.67. The Hall–Kier alpha value is -0.240. The Bertz CT molecular complexity index is 107. The van der Waals surface area contributed by atoms with Gasteiger partial charge in [-0.2, -0.15) is 0 Å². The fourth-order valence-corrected chi connectivity index (χ4v) is 0.648. The van der Waals surface area contributed by atoms with E-state index < -0.39 is 0 Å². The molecule has 0 rings (SSSR count). The molecule has 0 aromatic heterocycles. The molecule has 0 unspecified atom stereocenters. The van der Waals surface area contributed by atoms with Gasteiger partial charge in [-0.05, 0) is 19.4 Å². The van der Waals surface area contributed by atoms with Crippen molar-refractivity contribution in [1.82, 2.24) is 0 Å². The molecule has 0 atom stereocenters. The third-order valence-corrected chi connectivity index (χ3v) is 1.40. The Morgan fingerprint density at radius 3 is 2.38 bits per heavy atom. The standard InChI is InChI=1S/C6H9OS/c1-4-8-6(7)5(2)3/h1-2,4H2,3H3.